The normalized spacial score (nSPS) is 19.3. The summed E-state index contributed by atoms with van der Waals surface area (Å²) >= 11 is 0. The summed E-state index contributed by atoms with van der Waals surface area (Å²) in [5.74, 6) is 0. The molecule has 0 spiro atoms. The molecule has 2 amide bonds. The summed E-state index contributed by atoms with van der Waals surface area (Å²) in [5, 5.41) is 16.0. The number of hydrazine groups is 1. The summed E-state index contributed by atoms with van der Waals surface area (Å²) in [5.41, 5.74) is 1.30. The van der Waals surface area contributed by atoms with E-state index in [1.165, 1.54) is 10.0 Å². The number of benzene rings is 1. The molecule has 2 aliphatic rings. The van der Waals surface area contributed by atoms with E-state index in [0.29, 0.717) is 19.5 Å². The highest BCUT2D eigenvalue weighted by Gasteiger charge is 2.35. The Balaban J connectivity index is 1.75. The average Bonchev–Trinajstić information content (AvgIpc) is 3.09. The molecule has 34 heavy (non-hydrogen) atoms. The SMILES string of the molecule is CC(C)(C)OC(=O)N1CCN(c2ccc(C3=NOC(CO)C3)cc2)CCN1C(=O)OC(C)(C)C. The van der Waals surface area contributed by atoms with Crippen molar-refractivity contribution in [3.63, 3.8) is 0 Å². The Bertz CT molecular complexity index is 866. The van der Waals surface area contributed by atoms with Crippen molar-refractivity contribution in [2.75, 3.05) is 37.7 Å². The third-order valence-corrected chi connectivity index (χ3v) is 5.17. The first-order valence-corrected chi connectivity index (χ1v) is 11.6. The second kappa shape index (κ2) is 10.1. The molecule has 10 heteroatoms. The number of aliphatic hydroxyl groups is 1. The van der Waals surface area contributed by atoms with E-state index in [2.05, 4.69) is 10.1 Å². The zero-order valence-corrected chi connectivity index (χ0v) is 20.9. The highest BCUT2D eigenvalue weighted by atomic mass is 16.6. The van der Waals surface area contributed by atoms with E-state index >= 15 is 0 Å². The van der Waals surface area contributed by atoms with Crippen molar-refractivity contribution in [2.45, 2.75) is 65.3 Å². The quantitative estimate of drug-likeness (QED) is 0.713. The van der Waals surface area contributed by atoms with Gasteiger partial charge in [0.2, 0.25) is 0 Å². The zero-order chi connectivity index (χ0) is 25.1. The van der Waals surface area contributed by atoms with Gasteiger partial charge in [0, 0.05) is 25.2 Å². The molecule has 1 aromatic carbocycles. The van der Waals surface area contributed by atoms with Gasteiger partial charge in [0.1, 0.15) is 11.2 Å². The van der Waals surface area contributed by atoms with Crippen molar-refractivity contribution < 1.29 is 29.0 Å². The van der Waals surface area contributed by atoms with Gasteiger partial charge in [-0.05, 0) is 59.2 Å². The molecule has 1 fully saturated rings. The number of hydrogen-bond donors (Lipinski definition) is 1. The third kappa shape index (κ3) is 6.75. The van der Waals surface area contributed by atoms with Gasteiger partial charge in [-0.2, -0.15) is 0 Å². The molecular weight excluding hydrogens is 440 g/mol. The van der Waals surface area contributed by atoms with Crippen molar-refractivity contribution in [3.8, 4) is 0 Å². The van der Waals surface area contributed by atoms with Crippen LogP contribution in [-0.4, -0.2) is 83.1 Å². The maximum absolute atomic E-state index is 12.9. The molecule has 0 radical (unpaired) electrons. The van der Waals surface area contributed by atoms with E-state index in [4.69, 9.17) is 14.3 Å². The minimum absolute atomic E-state index is 0.0683. The molecule has 0 aliphatic carbocycles. The minimum atomic E-state index is -0.694. The molecule has 3 rings (SSSR count). The van der Waals surface area contributed by atoms with Gasteiger partial charge >= 0.3 is 12.2 Å². The van der Waals surface area contributed by atoms with Gasteiger partial charge in [0.25, 0.3) is 0 Å². The van der Waals surface area contributed by atoms with E-state index in [1.54, 1.807) is 41.5 Å². The Hall–Kier alpha value is -3.01. The molecule has 1 aromatic rings. The van der Waals surface area contributed by atoms with Crippen LogP contribution in [0.2, 0.25) is 0 Å². The average molecular weight is 477 g/mol. The number of aliphatic hydroxyl groups excluding tert-OH is 1. The van der Waals surface area contributed by atoms with E-state index in [9.17, 15) is 14.7 Å². The Kier molecular flexibility index (Phi) is 7.60. The number of ether oxygens (including phenoxy) is 2. The largest absolute Gasteiger partial charge is 0.442 e. The Morgan fingerprint density at radius 3 is 1.85 bits per heavy atom. The topological polar surface area (TPSA) is 104 Å². The van der Waals surface area contributed by atoms with Crippen LogP contribution in [0.1, 0.15) is 53.5 Å². The Labute approximate surface area is 201 Å². The van der Waals surface area contributed by atoms with E-state index < -0.39 is 23.4 Å². The molecule has 1 N–H and O–H groups in total. The fourth-order valence-corrected chi connectivity index (χ4v) is 3.61. The van der Waals surface area contributed by atoms with Crippen LogP contribution < -0.4 is 4.90 Å². The van der Waals surface area contributed by atoms with Crippen LogP contribution in [0.5, 0.6) is 0 Å². The van der Waals surface area contributed by atoms with Crippen molar-refractivity contribution in [1.29, 1.82) is 0 Å². The number of hydrogen-bond acceptors (Lipinski definition) is 8. The molecule has 1 unspecified atom stereocenters. The van der Waals surface area contributed by atoms with Gasteiger partial charge in [-0.1, -0.05) is 17.3 Å². The Morgan fingerprint density at radius 1 is 0.941 bits per heavy atom. The van der Waals surface area contributed by atoms with Gasteiger partial charge in [0.05, 0.1) is 25.4 Å². The number of oxime groups is 1. The van der Waals surface area contributed by atoms with Crippen LogP contribution >= 0.6 is 0 Å². The van der Waals surface area contributed by atoms with Crippen LogP contribution in [0.4, 0.5) is 15.3 Å². The summed E-state index contributed by atoms with van der Waals surface area (Å²) < 4.78 is 11.1. The minimum Gasteiger partial charge on any atom is -0.442 e. The molecule has 2 heterocycles. The van der Waals surface area contributed by atoms with Crippen molar-refractivity contribution in [3.05, 3.63) is 29.8 Å². The molecular formula is C24H36N4O6. The molecule has 10 nitrogen and oxygen atoms in total. The fraction of sp³-hybridized carbons (Fsp3) is 0.625. The lowest BCUT2D eigenvalue weighted by Gasteiger charge is -2.35. The lowest BCUT2D eigenvalue weighted by atomic mass is 10.0. The third-order valence-electron chi connectivity index (χ3n) is 5.17. The molecule has 0 saturated carbocycles. The first-order chi connectivity index (χ1) is 15.9. The first-order valence-electron chi connectivity index (χ1n) is 11.6. The van der Waals surface area contributed by atoms with Gasteiger partial charge in [-0.3, -0.25) is 0 Å². The van der Waals surface area contributed by atoms with Crippen molar-refractivity contribution in [2.24, 2.45) is 5.16 Å². The summed E-state index contributed by atoms with van der Waals surface area (Å²) in [6, 6.07) is 7.87. The molecule has 188 valence electrons. The summed E-state index contributed by atoms with van der Waals surface area (Å²) in [4.78, 5) is 33.2. The molecule has 2 aliphatic heterocycles. The molecule has 1 atom stereocenters. The lowest BCUT2D eigenvalue weighted by Crippen LogP contribution is -2.53. The van der Waals surface area contributed by atoms with Crippen LogP contribution in [-0.2, 0) is 14.3 Å². The van der Waals surface area contributed by atoms with E-state index in [-0.39, 0.29) is 25.8 Å². The number of nitrogens with zero attached hydrogens (tertiary/aromatic N) is 4. The highest BCUT2D eigenvalue weighted by molar-refractivity contribution is 6.01. The molecule has 0 bridgehead atoms. The monoisotopic (exact) mass is 476 g/mol. The van der Waals surface area contributed by atoms with Crippen LogP contribution in [0.15, 0.2) is 29.4 Å². The van der Waals surface area contributed by atoms with Gasteiger partial charge in [0.15, 0.2) is 6.10 Å². The fourth-order valence-electron chi connectivity index (χ4n) is 3.61. The van der Waals surface area contributed by atoms with Gasteiger partial charge < -0.3 is 24.3 Å². The van der Waals surface area contributed by atoms with E-state index in [0.717, 1.165) is 17.0 Å². The highest BCUT2D eigenvalue weighted by Crippen LogP contribution is 2.23. The van der Waals surface area contributed by atoms with Crippen LogP contribution in [0, 0.1) is 0 Å². The van der Waals surface area contributed by atoms with Crippen molar-refractivity contribution >= 4 is 23.6 Å². The second-order valence-electron chi connectivity index (χ2n) is 10.4. The Morgan fingerprint density at radius 2 is 1.44 bits per heavy atom. The standard InChI is InChI=1S/C24H36N4O6/c1-23(2,3)32-21(30)27-13-11-26(12-14-28(27)22(31)33-24(4,5)6)18-9-7-17(8-10-18)20-15-19(16-29)34-25-20/h7-10,19,29H,11-16H2,1-6H3. The molecule has 1 saturated heterocycles. The lowest BCUT2D eigenvalue weighted by molar-refractivity contribution is -0.0572. The number of amides is 2. The number of anilines is 1. The van der Waals surface area contributed by atoms with Crippen LogP contribution in [0.25, 0.3) is 0 Å². The first kappa shape index (κ1) is 25.6. The number of carbonyl (C=O) groups excluding carboxylic acids is 2. The van der Waals surface area contributed by atoms with Gasteiger partial charge in [-0.15, -0.1) is 0 Å². The van der Waals surface area contributed by atoms with Gasteiger partial charge in [-0.25, -0.2) is 19.6 Å². The summed E-state index contributed by atoms with van der Waals surface area (Å²) in [6.07, 6.45) is -0.908. The number of rotatable bonds is 3. The zero-order valence-electron chi connectivity index (χ0n) is 20.9. The van der Waals surface area contributed by atoms with Crippen molar-refractivity contribution in [1.82, 2.24) is 10.0 Å². The number of carbonyl (C=O) groups is 2. The maximum atomic E-state index is 12.9. The van der Waals surface area contributed by atoms with Crippen LogP contribution in [0.3, 0.4) is 0 Å². The summed E-state index contributed by atoms with van der Waals surface area (Å²) in [6.45, 7) is 12.2. The summed E-state index contributed by atoms with van der Waals surface area (Å²) in [7, 11) is 0. The maximum Gasteiger partial charge on any atom is 0.429 e. The predicted octanol–water partition coefficient (Wildman–Crippen LogP) is 3.38. The predicted molar refractivity (Wildman–Crippen MR) is 128 cm³/mol. The van der Waals surface area contributed by atoms with E-state index in [1.807, 2.05) is 24.3 Å². The molecule has 0 aromatic heterocycles. The smallest absolute Gasteiger partial charge is 0.429 e. The second-order valence-corrected chi connectivity index (χ2v) is 10.4.